The summed E-state index contributed by atoms with van der Waals surface area (Å²) in [7, 11) is 1.31. The van der Waals surface area contributed by atoms with Crippen LogP contribution in [-0.4, -0.2) is 30.3 Å². The number of hydrogen-bond donors (Lipinski definition) is 2. The summed E-state index contributed by atoms with van der Waals surface area (Å²) < 4.78 is 10.1. The average Bonchev–Trinajstić information content (AvgIpc) is 2.63. The highest BCUT2D eigenvalue weighted by Gasteiger charge is 2.18. The van der Waals surface area contributed by atoms with E-state index in [1.54, 1.807) is 31.2 Å². The summed E-state index contributed by atoms with van der Waals surface area (Å²) in [5.74, 6) is -0.838. The molecule has 2 aromatic carbocycles. The highest BCUT2D eigenvalue weighted by Crippen LogP contribution is 2.17. The Morgan fingerprint density at radius 1 is 1.08 bits per heavy atom. The van der Waals surface area contributed by atoms with E-state index in [1.165, 1.54) is 7.11 Å². The van der Waals surface area contributed by atoms with Crippen molar-refractivity contribution in [3.8, 4) is 5.75 Å². The van der Waals surface area contributed by atoms with Crippen LogP contribution in [0.3, 0.4) is 0 Å². The van der Waals surface area contributed by atoms with E-state index in [0.29, 0.717) is 17.9 Å². The molecule has 2 rings (SSSR count). The molecule has 0 saturated heterocycles. The number of benzene rings is 2. The fourth-order valence-electron chi connectivity index (χ4n) is 2.32. The molecule has 0 radical (unpaired) electrons. The number of carbonyl (C=O) groups excluding carboxylic acids is 1. The maximum atomic E-state index is 11.5. The minimum Gasteiger partial charge on any atom is -0.480 e. The number of rotatable bonds is 8. The number of carboxylic acid groups (broad SMARTS) is 1. The van der Waals surface area contributed by atoms with Gasteiger partial charge in [0.15, 0.2) is 6.10 Å². The third-order valence-electron chi connectivity index (χ3n) is 3.66. The van der Waals surface area contributed by atoms with Crippen molar-refractivity contribution in [3.63, 3.8) is 0 Å². The van der Waals surface area contributed by atoms with E-state index in [-0.39, 0.29) is 0 Å². The molecule has 0 amide bonds. The largest absolute Gasteiger partial charge is 0.480 e. The van der Waals surface area contributed by atoms with Crippen molar-refractivity contribution in [1.29, 1.82) is 0 Å². The van der Waals surface area contributed by atoms with Crippen LogP contribution in [0.4, 0.5) is 0 Å². The molecule has 6 nitrogen and oxygen atoms in total. The van der Waals surface area contributed by atoms with Gasteiger partial charge in [0, 0.05) is 6.54 Å². The van der Waals surface area contributed by atoms with Gasteiger partial charge in [0.1, 0.15) is 11.8 Å². The van der Waals surface area contributed by atoms with Gasteiger partial charge in [-0.25, -0.2) is 4.79 Å². The molecule has 0 heterocycles. The van der Waals surface area contributed by atoms with Crippen molar-refractivity contribution in [3.05, 3.63) is 65.7 Å². The van der Waals surface area contributed by atoms with Gasteiger partial charge in [0.05, 0.1) is 7.11 Å². The SMILES string of the molecule is COC(=O)C(C)Oc1ccc(CN[C@H](C(=O)O)c2ccccc2)cc1. The molecule has 0 aliphatic heterocycles. The number of aliphatic carboxylic acids is 1. The van der Waals surface area contributed by atoms with Gasteiger partial charge in [0.25, 0.3) is 0 Å². The Kier molecular flexibility index (Phi) is 6.54. The van der Waals surface area contributed by atoms with Crippen LogP contribution in [0.15, 0.2) is 54.6 Å². The molecule has 132 valence electrons. The summed E-state index contributed by atoms with van der Waals surface area (Å²) in [4.78, 5) is 22.8. The van der Waals surface area contributed by atoms with Crippen LogP contribution in [0.2, 0.25) is 0 Å². The van der Waals surface area contributed by atoms with Crippen LogP contribution in [0.1, 0.15) is 24.1 Å². The minimum atomic E-state index is -0.932. The molecule has 6 heteroatoms. The fourth-order valence-corrected chi connectivity index (χ4v) is 2.32. The zero-order valence-corrected chi connectivity index (χ0v) is 14.1. The molecule has 0 spiro atoms. The number of ether oxygens (including phenoxy) is 2. The number of carbonyl (C=O) groups is 2. The molecule has 0 saturated carbocycles. The summed E-state index contributed by atoms with van der Waals surface area (Å²) in [5, 5.41) is 12.4. The number of nitrogens with one attached hydrogen (secondary N) is 1. The Morgan fingerprint density at radius 2 is 1.72 bits per heavy atom. The number of esters is 1. The second kappa shape index (κ2) is 8.84. The second-order valence-electron chi connectivity index (χ2n) is 5.49. The smallest absolute Gasteiger partial charge is 0.346 e. The molecule has 2 aromatic rings. The standard InChI is InChI=1S/C19H21NO5/c1-13(19(23)24-2)25-16-10-8-14(9-11-16)12-20-17(18(21)22)15-6-4-3-5-7-15/h3-11,13,17,20H,12H2,1-2H3,(H,21,22)/t13?,17-/m0/s1. The third-order valence-corrected chi connectivity index (χ3v) is 3.66. The van der Waals surface area contributed by atoms with Crippen LogP contribution >= 0.6 is 0 Å². The van der Waals surface area contributed by atoms with Crippen LogP contribution in [-0.2, 0) is 20.9 Å². The van der Waals surface area contributed by atoms with Crippen molar-refractivity contribution in [1.82, 2.24) is 5.32 Å². The van der Waals surface area contributed by atoms with Gasteiger partial charge < -0.3 is 14.6 Å². The van der Waals surface area contributed by atoms with Crippen molar-refractivity contribution >= 4 is 11.9 Å². The van der Waals surface area contributed by atoms with Gasteiger partial charge in [-0.1, -0.05) is 42.5 Å². The van der Waals surface area contributed by atoms with E-state index in [2.05, 4.69) is 10.1 Å². The Balaban J connectivity index is 1.96. The van der Waals surface area contributed by atoms with Crippen LogP contribution in [0, 0.1) is 0 Å². The molecule has 0 fully saturated rings. The van der Waals surface area contributed by atoms with Crippen molar-refractivity contribution in [2.75, 3.05) is 7.11 Å². The van der Waals surface area contributed by atoms with Crippen LogP contribution < -0.4 is 10.1 Å². The molecule has 0 aliphatic rings. The summed E-state index contributed by atoms with van der Waals surface area (Å²) in [5.41, 5.74) is 1.60. The highest BCUT2D eigenvalue weighted by atomic mass is 16.6. The van der Waals surface area contributed by atoms with E-state index in [1.807, 2.05) is 30.3 Å². The Morgan fingerprint density at radius 3 is 2.28 bits per heavy atom. The zero-order valence-electron chi connectivity index (χ0n) is 14.1. The molecule has 2 atom stereocenters. The van der Waals surface area contributed by atoms with Crippen LogP contribution in [0.25, 0.3) is 0 Å². The molecule has 1 unspecified atom stereocenters. The van der Waals surface area contributed by atoms with E-state index < -0.39 is 24.1 Å². The topological polar surface area (TPSA) is 84.9 Å². The molecule has 2 N–H and O–H groups in total. The molecule has 25 heavy (non-hydrogen) atoms. The Labute approximate surface area is 146 Å². The summed E-state index contributed by atoms with van der Waals surface area (Å²) >= 11 is 0. The van der Waals surface area contributed by atoms with E-state index in [0.717, 1.165) is 5.56 Å². The fraction of sp³-hybridized carbons (Fsp3) is 0.263. The Hall–Kier alpha value is -2.86. The second-order valence-corrected chi connectivity index (χ2v) is 5.49. The summed E-state index contributed by atoms with van der Waals surface area (Å²) in [6.07, 6.45) is -0.691. The maximum Gasteiger partial charge on any atom is 0.346 e. The molecular formula is C19H21NO5. The van der Waals surface area contributed by atoms with Crippen molar-refractivity contribution in [2.24, 2.45) is 0 Å². The van der Waals surface area contributed by atoms with Gasteiger partial charge in [-0.3, -0.25) is 10.1 Å². The highest BCUT2D eigenvalue weighted by molar-refractivity contribution is 5.75. The third kappa shape index (κ3) is 5.32. The number of hydrogen-bond acceptors (Lipinski definition) is 5. The quantitative estimate of drug-likeness (QED) is 0.717. The molecule has 0 bridgehead atoms. The lowest BCUT2D eigenvalue weighted by Crippen LogP contribution is -2.28. The molecular weight excluding hydrogens is 322 g/mol. The number of methoxy groups -OCH3 is 1. The minimum absolute atomic E-state index is 0.388. The van der Waals surface area contributed by atoms with Crippen LogP contribution in [0.5, 0.6) is 5.75 Å². The lowest BCUT2D eigenvalue weighted by Gasteiger charge is -2.15. The lowest BCUT2D eigenvalue weighted by atomic mass is 10.1. The van der Waals surface area contributed by atoms with Gasteiger partial charge in [-0.2, -0.15) is 0 Å². The average molecular weight is 343 g/mol. The first-order chi connectivity index (χ1) is 12.0. The van der Waals surface area contributed by atoms with Crippen molar-refractivity contribution in [2.45, 2.75) is 25.6 Å². The van der Waals surface area contributed by atoms with Gasteiger partial charge in [0.2, 0.25) is 0 Å². The zero-order chi connectivity index (χ0) is 18.2. The normalized spacial score (nSPS) is 12.9. The predicted molar refractivity (Wildman–Crippen MR) is 92.2 cm³/mol. The predicted octanol–water partition coefficient (Wildman–Crippen LogP) is 2.54. The first-order valence-corrected chi connectivity index (χ1v) is 7.86. The Bertz CT molecular complexity index is 700. The molecule has 0 aliphatic carbocycles. The molecule has 0 aromatic heterocycles. The van der Waals surface area contributed by atoms with E-state index >= 15 is 0 Å². The van der Waals surface area contributed by atoms with Gasteiger partial charge in [-0.05, 0) is 30.2 Å². The number of carboxylic acids is 1. The summed E-state index contributed by atoms with van der Waals surface area (Å²) in [6, 6.07) is 15.3. The monoisotopic (exact) mass is 343 g/mol. The lowest BCUT2D eigenvalue weighted by molar-refractivity contribution is -0.148. The van der Waals surface area contributed by atoms with Crippen molar-refractivity contribution < 1.29 is 24.2 Å². The summed E-state index contributed by atoms with van der Waals surface area (Å²) in [6.45, 7) is 2.00. The van der Waals surface area contributed by atoms with Gasteiger partial charge >= 0.3 is 11.9 Å². The maximum absolute atomic E-state index is 11.5. The first kappa shape index (κ1) is 18.5. The first-order valence-electron chi connectivity index (χ1n) is 7.86. The van der Waals surface area contributed by atoms with E-state index in [4.69, 9.17) is 4.74 Å². The van der Waals surface area contributed by atoms with E-state index in [9.17, 15) is 14.7 Å². The van der Waals surface area contributed by atoms with Gasteiger partial charge in [-0.15, -0.1) is 0 Å².